The summed E-state index contributed by atoms with van der Waals surface area (Å²) in [6.45, 7) is 7.74. The number of piperidine rings is 1. The van der Waals surface area contributed by atoms with Gasteiger partial charge in [-0.2, -0.15) is 0 Å². The van der Waals surface area contributed by atoms with Gasteiger partial charge in [0, 0.05) is 37.5 Å². The highest BCUT2D eigenvalue weighted by Crippen LogP contribution is 2.33. The van der Waals surface area contributed by atoms with Crippen molar-refractivity contribution in [3.8, 4) is 5.75 Å². The summed E-state index contributed by atoms with van der Waals surface area (Å²) in [6.07, 6.45) is 1.46. The average Bonchev–Trinajstić information content (AvgIpc) is 2.58. The smallest absolute Gasteiger partial charge is 0.407 e. The Labute approximate surface area is 153 Å². The summed E-state index contributed by atoms with van der Waals surface area (Å²) in [5, 5.41) is 13.8. The molecule has 0 aliphatic carbocycles. The second-order valence-electron chi connectivity index (χ2n) is 7.43. The fourth-order valence-electron chi connectivity index (χ4n) is 2.95. The van der Waals surface area contributed by atoms with Crippen LogP contribution in [0.3, 0.4) is 0 Å². The lowest BCUT2D eigenvalue weighted by atomic mass is 9.96. The summed E-state index contributed by atoms with van der Waals surface area (Å²) in [5.74, 6) is 0.653. The molecule has 0 spiro atoms. The van der Waals surface area contributed by atoms with Gasteiger partial charge in [-0.3, -0.25) is 10.1 Å². The highest BCUT2D eigenvalue weighted by Gasteiger charge is 2.23. The molecule has 1 fully saturated rings. The van der Waals surface area contributed by atoms with Gasteiger partial charge < -0.3 is 19.7 Å². The van der Waals surface area contributed by atoms with E-state index in [9.17, 15) is 14.9 Å². The zero-order valence-corrected chi connectivity index (χ0v) is 15.8. The summed E-state index contributed by atoms with van der Waals surface area (Å²) in [4.78, 5) is 24.5. The number of nitrogens with one attached hydrogen (secondary N) is 1. The van der Waals surface area contributed by atoms with Gasteiger partial charge in [0.15, 0.2) is 5.75 Å². The Morgan fingerprint density at radius 1 is 1.35 bits per heavy atom. The Balaban J connectivity index is 1.86. The van der Waals surface area contributed by atoms with Crippen LogP contribution in [0.2, 0.25) is 0 Å². The third kappa shape index (κ3) is 5.50. The number of methoxy groups -OCH3 is 1. The van der Waals surface area contributed by atoms with Gasteiger partial charge >= 0.3 is 11.8 Å². The molecule has 1 aromatic rings. The quantitative estimate of drug-likeness (QED) is 0.635. The van der Waals surface area contributed by atoms with Crippen LogP contribution < -0.4 is 15.0 Å². The van der Waals surface area contributed by atoms with Gasteiger partial charge in [-0.05, 0) is 45.6 Å². The fourth-order valence-corrected chi connectivity index (χ4v) is 2.95. The van der Waals surface area contributed by atoms with E-state index in [0.29, 0.717) is 12.5 Å². The number of amides is 1. The largest absolute Gasteiger partial charge is 0.490 e. The van der Waals surface area contributed by atoms with E-state index in [1.54, 1.807) is 12.1 Å². The van der Waals surface area contributed by atoms with Crippen molar-refractivity contribution in [2.24, 2.45) is 5.92 Å². The predicted molar refractivity (Wildman–Crippen MR) is 98.8 cm³/mol. The zero-order valence-electron chi connectivity index (χ0n) is 15.8. The summed E-state index contributed by atoms with van der Waals surface area (Å²) < 4.78 is 10.4. The van der Waals surface area contributed by atoms with Gasteiger partial charge in [0.25, 0.3) is 0 Å². The molecule has 0 atom stereocenters. The number of carbonyl (C=O) groups is 1. The summed E-state index contributed by atoms with van der Waals surface area (Å²) in [5.41, 5.74) is 0.376. The number of rotatable bonds is 5. The van der Waals surface area contributed by atoms with Crippen LogP contribution in [-0.4, -0.2) is 43.4 Å². The van der Waals surface area contributed by atoms with Gasteiger partial charge in [-0.15, -0.1) is 0 Å². The topological polar surface area (TPSA) is 93.9 Å². The van der Waals surface area contributed by atoms with Crippen molar-refractivity contribution in [2.75, 3.05) is 31.6 Å². The van der Waals surface area contributed by atoms with E-state index in [-0.39, 0.29) is 17.5 Å². The molecule has 2 rings (SSSR count). The average molecular weight is 365 g/mol. The number of carbonyl (C=O) groups excluding carboxylic acids is 1. The summed E-state index contributed by atoms with van der Waals surface area (Å²) in [7, 11) is 1.43. The lowest BCUT2D eigenvalue weighted by Crippen LogP contribution is -2.40. The molecule has 1 aliphatic heterocycles. The molecule has 1 amide bonds. The third-order valence-corrected chi connectivity index (χ3v) is 4.27. The van der Waals surface area contributed by atoms with Crippen molar-refractivity contribution >= 4 is 17.5 Å². The normalized spacial score (nSPS) is 15.5. The van der Waals surface area contributed by atoms with Crippen molar-refractivity contribution in [2.45, 2.75) is 39.2 Å². The van der Waals surface area contributed by atoms with Crippen LogP contribution in [0, 0.1) is 16.0 Å². The first-order chi connectivity index (χ1) is 12.2. The molecule has 1 aromatic carbocycles. The summed E-state index contributed by atoms with van der Waals surface area (Å²) >= 11 is 0. The minimum absolute atomic E-state index is 0.0345. The monoisotopic (exact) mass is 365 g/mol. The third-order valence-electron chi connectivity index (χ3n) is 4.27. The number of hydrogen-bond acceptors (Lipinski definition) is 6. The van der Waals surface area contributed by atoms with Crippen LogP contribution in [0.25, 0.3) is 0 Å². The Bertz CT molecular complexity index is 649. The molecule has 1 aliphatic rings. The van der Waals surface area contributed by atoms with Gasteiger partial charge in [0.05, 0.1) is 12.0 Å². The minimum atomic E-state index is -0.498. The van der Waals surface area contributed by atoms with Crippen LogP contribution in [0.1, 0.15) is 33.6 Å². The first-order valence-electron chi connectivity index (χ1n) is 8.74. The van der Waals surface area contributed by atoms with Crippen molar-refractivity contribution < 1.29 is 19.2 Å². The Morgan fingerprint density at radius 2 is 2.00 bits per heavy atom. The molecule has 8 heteroatoms. The van der Waals surface area contributed by atoms with E-state index in [4.69, 9.17) is 9.47 Å². The molecule has 144 valence electrons. The SMILES string of the molecule is COc1cc(N2CCC(CNC(=O)OC(C)(C)C)CC2)ccc1[N+](=O)[O-]. The van der Waals surface area contributed by atoms with E-state index in [2.05, 4.69) is 10.2 Å². The maximum absolute atomic E-state index is 11.7. The minimum Gasteiger partial charge on any atom is -0.490 e. The predicted octanol–water partition coefficient (Wildman–Crippen LogP) is 3.34. The number of ether oxygens (including phenoxy) is 2. The van der Waals surface area contributed by atoms with Gasteiger partial charge in [0.1, 0.15) is 5.60 Å². The number of benzene rings is 1. The van der Waals surface area contributed by atoms with Crippen molar-refractivity contribution in [1.29, 1.82) is 0 Å². The molecular weight excluding hydrogens is 338 g/mol. The maximum Gasteiger partial charge on any atom is 0.407 e. The molecule has 26 heavy (non-hydrogen) atoms. The maximum atomic E-state index is 11.7. The molecule has 1 saturated heterocycles. The van der Waals surface area contributed by atoms with Crippen molar-refractivity contribution in [1.82, 2.24) is 5.32 Å². The molecular formula is C18H27N3O5. The number of nitro benzene ring substituents is 1. The van der Waals surface area contributed by atoms with E-state index in [0.717, 1.165) is 31.6 Å². The standard InChI is InChI=1S/C18H27N3O5/c1-18(2,3)26-17(22)19-12-13-7-9-20(10-8-13)14-5-6-15(21(23)24)16(11-14)25-4/h5-6,11,13H,7-10,12H2,1-4H3,(H,19,22). The van der Waals surface area contributed by atoms with Gasteiger partial charge in [-0.1, -0.05) is 0 Å². The molecule has 0 radical (unpaired) electrons. The summed E-state index contributed by atoms with van der Waals surface area (Å²) in [6, 6.07) is 4.93. The van der Waals surface area contributed by atoms with Crippen LogP contribution in [-0.2, 0) is 4.74 Å². The van der Waals surface area contributed by atoms with Crippen molar-refractivity contribution in [3.63, 3.8) is 0 Å². The number of hydrogen-bond donors (Lipinski definition) is 1. The highest BCUT2D eigenvalue weighted by molar-refractivity contribution is 5.67. The lowest BCUT2D eigenvalue weighted by Gasteiger charge is -2.34. The number of anilines is 1. The van der Waals surface area contributed by atoms with E-state index >= 15 is 0 Å². The molecule has 1 N–H and O–H groups in total. The van der Waals surface area contributed by atoms with E-state index in [1.807, 2.05) is 20.8 Å². The Kier molecular flexibility index (Phi) is 6.28. The molecule has 8 nitrogen and oxygen atoms in total. The second kappa shape index (κ2) is 8.25. The van der Waals surface area contributed by atoms with Gasteiger partial charge in [-0.25, -0.2) is 4.79 Å². The Hall–Kier alpha value is -2.51. The first kappa shape index (κ1) is 19.8. The second-order valence-corrected chi connectivity index (χ2v) is 7.43. The van der Waals surface area contributed by atoms with Crippen LogP contribution in [0.5, 0.6) is 5.75 Å². The molecule has 0 bridgehead atoms. The Morgan fingerprint density at radius 3 is 2.54 bits per heavy atom. The molecule has 0 aromatic heterocycles. The van der Waals surface area contributed by atoms with Crippen LogP contribution in [0.4, 0.5) is 16.2 Å². The first-order valence-corrected chi connectivity index (χ1v) is 8.74. The fraction of sp³-hybridized carbons (Fsp3) is 0.611. The molecule has 1 heterocycles. The highest BCUT2D eigenvalue weighted by atomic mass is 16.6. The number of nitrogens with zero attached hydrogens (tertiary/aromatic N) is 2. The van der Waals surface area contributed by atoms with E-state index in [1.165, 1.54) is 13.2 Å². The van der Waals surface area contributed by atoms with Gasteiger partial charge in [0.2, 0.25) is 0 Å². The zero-order chi connectivity index (χ0) is 19.3. The lowest BCUT2D eigenvalue weighted by molar-refractivity contribution is -0.385. The number of nitro groups is 1. The molecule has 0 saturated carbocycles. The molecule has 0 unspecified atom stereocenters. The van der Waals surface area contributed by atoms with E-state index < -0.39 is 10.5 Å². The van der Waals surface area contributed by atoms with Crippen molar-refractivity contribution in [3.05, 3.63) is 28.3 Å². The van der Waals surface area contributed by atoms with Crippen LogP contribution in [0.15, 0.2) is 18.2 Å². The van der Waals surface area contributed by atoms with Crippen LogP contribution >= 0.6 is 0 Å². The number of alkyl carbamates (subject to hydrolysis) is 1.